The number of hydrogen-bond donors (Lipinski definition) is 1. The highest BCUT2D eigenvalue weighted by Gasteiger charge is 2.23. The fraction of sp³-hybridized carbons (Fsp3) is 0.286. The summed E-state index contributed by atoms with van der Waals surface area (Å²) in [5, 5.41) is 11.2. The predicted molar refractivity (Wildman–Crippen MR) is 80.1 cm³/mol. The van der Waals surface area contributed by atoms with Crippen molar-refractivity contribution in [3.63, 3.8) is 0 Å². The van der Waals surface area contributed by atoms with Crippen molar-refractivity contribution < 1.29 is 13.5 Å². The van der Waals surface area contributed by atoms with Crippen molar-refractivity contribution in [2.75, 3.05) is 7.05 Å². The SMILES string of the molecule is Cc1c(CO)cccc1S(=O)(=O)N(C)Cc1cccs1. The molecule has 6 heteroatoms. The van der Waals surface area contributed by atoms with Crippen LogP contribution in [0.25, 0.3) is 0 Å². The maximum absolute atomic E-state index is 12.6. The Morgan fingerprint density at radius 1 is 1.25 bits per heavy atom. The lowest BCUT2D eigenvalue weighted by atomic mass is 10.1. The zero-order chi connectivity index (χ0) is 14.8. The van der Waals surface area contributed by atoms with E-state index >= 15 is 0 Å². The van der Waals surface area contributed by atoms with Crippen molar-refractivity contribution in [1.29, 1.82) is 0 Å². The van der Waals surface area contributed by atoms with E-state index in [1.54, 1.807) is 32.2 Å². The molecule has 0 radical (unpaired) electrons. The van der Waals surface area contributed by atoms with Crippen molar-refractivity contribution in [3.05, 3.63) is 51.7 Å². The van der Waals surface area contributed by atoms with E-state index in [0.29, 0.717) is 17.7 Å². The molecule has 0 fully saturated rings. The number of hydrogen-bond acceptors (Lipinski definition) is 4. The van der Waals surface area contributed by atoms with Gasteiger partial charge in [-0.15, -0.1) is 11.3 Å². The predicted octanol–water partition coefficient (Wildman–Crippen LogP) is 2.37. The average molecular weight is 311 g/mol. The molecular formula is C14H17NO3S2. The molecule has 0 aliphatic heterocycles. The number of sulfonamides is 1. The Balaban J connectivity index is 2.35. The summed E-state index contributed by atoms with van der Waals surface area (Å²) >= 11 is 1.53. The van der Waals surface area contributed by atoms with E-state index < -0.39 is 10.0 Å². The summed E-state index contributed by atoms with van der Waals surface area (Å²) in [7, 11) is -1.98. The van der Waals surface area contributed by atoms with Crippen LogP contribution in [0, 0.1) is 6.92 Å². The molecule has 108 valence electrons. The van der Waals surface area contributed by atoms with Gasteiger partial charge in [-0.3, -0.25) is 0 Å². The van der Waals surface area contributed by atoms with Gasteiger partial charge in [0, 0.05) is 18.5 Å². The molecule has 1 N–H and O–H groups in total. The lowest BCUT2D eigenvalue weighted by Crippen LogP contribution is -2.27. The molecule has 0 amide bonds. The van der Waals surface area contributed by atoms with E-state index in [1.165, 1.54) is 15.6 Å². The summed E-state index contributed by atoms with van der Waals surface area (Å²) in [6, 6.07) is 8.78. The summed E-state index contributed by atoms with van der Waals surface area (Å²) in [4.78, 5) is 1.25. The molecule has 0 atom stereocenters. The van der Waals surface area contributed by atoms with Crippen LogP contribution in [0.5, 0.6) is 0 Å². The number of aliphatic hydroxyl groups excluding tert-OH is 1. The average Bonchev–Trinajstić information content (AvgIpc) is 2.91. The largest absolute Gasteiger partial charge is 0.392 e. The van der Waals surface area contributed by atoms with Crippen LogP contribution in [0.3, 0.4) is 0 Å². The second-order valence-electron chi connectivity index (χ2n) is 4.54. The smallest absolute Gasteiger partial charge is 0.243 e. The Morgan fingerprint density at radius 3 is 2.60 bits per heavy atom. The topological polar surface area (TPSA) is 57.6 Å². The summed E-state index contributed by atoms with van der Waals surface area (Å²) in [5.74, 6) is 0. The normalized spacial score (nSPS) is 12.0. The molecule has 0 spiro atoms. The minimum Gasteiger partial charge on any atom is -0.392 e. The molecule has 2 rings (SSSR count). The van der Waals surface area contributed by atoms with E-state index in [1.807, 2.05) is 17.5 Å². The zero-order valence-electron chi connectivity index (χ0n) is 11.4. The number of rotatable bonds is 5. The van der Waals surface area contributed by atoms with Gasteiger partial charge in [0.2, 0.25) is 10.0 Å². The minimum absolute atomic E-state index is 0.163. The van der Waals surface area contributed by atoms with Gasteiger partial charge in [0.05, 0.1) is 11.5 Å². The molecule has 0 aliphatic carbocycles. The van der Waals surface area contributed by atoms with Crippen LogP contribution in [0.2, 0.25) is 0 Å². The second-order valence-corrected chi connectivity index (χ2v) is 7.58. The van der Waals surface area contributed by atoms with Crippen molar-refractivity contribution in [2.45, 2.75) is 25.0 Å². The van der Waals surface area contributed by atoms with Gasteiger partial charge in [0.1, 0.15) is 0 Å². The maximum atomic E-state index is 12.6. The third kappa shape index (κ3) is 2.93. The van der Waals surface area contributed by atoms with Gasteiger partial charge in [-0.1, -0.05) is 18.2 Å². The van der Waals surface area contributed by atoms with E-state index in [-0.39, 0.29) is 11.5 Å². The first-order valence-corrected chi connectivity index (χ1v) is 8.47. The van der Waals surface area contributed by atoms with Gasteiger partial charge >= 0.3 is 0 Å². The van der Waals surface area contributed by atoms with Crippen molar-refractivity contribution >= 4 is 21.4 Å². The first kappa shape index (κ1) is 15.2. The van der Waals surface area contributed by atoms with E-state index in [0.717, 1.165) is 4.88 Å². The fourth-order valence-corrected chi connectivity index (χ4v) is 4.24. The lowest BCUT2D eigenvalue weighted by molar-refractivity contribution is 0.280. The molecule has 20 heavy (non-hydrogen) atoms. The van der Waals surface area contributed by atoms with Gasteiger partial charge < -0.3 is 5.11 Å². The molecule has 0 aliphatic rings. The molecule has 1 heterocycles. The van der Waals surface area contributed by atoms with Crippen molar-refractivity contribution in [3.8, 4) is 0 Å². The quantitative estimate of drug-likeness (QED) is 0.922. The Hall–Kier alpha value is -1.21. The highest BCUT2D eigenvalue weighted by molar-refractivity contribution is 7.89. The zero-order valence-corrected chi connectivity index (χ0v) is 13.0. The fourth-order valence-electron chi connectivity index (χ4n) is 1.99. The standard InChI is InChI=1S/C14H17NO3S2/c1-11-12(10-16)5-3-7-14(11)20(17,18)15(2)9-13-6-4-8-19-13/h3-8,16H,9-10H2,1-2H3. The molecule has 0 saturated carbocycles. The number of nitrogens with zero attached hydrogens (tertiary/aromatic N) is 1. The van der Waals surface area contributed by atoms with Crippen LogP contribution < -0.4 is 0 Å². The third-order valence-electron chi connectivity index (χ3n) is 3.21. The van der Waals surface area contributed by atoms with Crippen molar-refractivity contribution in [1.82, 2.24) is 4.31 Å². The molecule has 2 aromatic rings. The van der Waals surface area contributed by atoms with E-state index in [4.69, 9.17) is 0 Å². The van der Waals surface area contributed by atoms with E-state index in [2.05, 4.69) is 0 Å². The second kappa shape index (κ2) is 6.05. The molecule has 0 bridgehead atoms. The van der Waals surface area contributed by atoms with Crippen LogP contribution in [-0.4, -0.2) is 24.9 Å². The van der Waals surface area contributed by atoms with E-state index in [9.17, 15) is 13.5 Å². The van der Waals surface area contributed by atoms with Crippen LogP contribution >= 0.6 is 11.3 Å². The molecule has 0 saturated heterocycles. The molecule has 1 aromatic heterocycles. The van der Waals surface area contributed by atoms with Crippen LogP contribution in [0.1, 0.15) is 16.0 Å². The van der Waals surface area contributed by atoms with Crippen LogP contribution in [0.4, 0.5) is 0 Å². The first-order valence-electron chi connectivity index (χ1n) is 6.15. The number of aliphatic hydroxyl groups is 1. The highest BCUT2D eigenvalue weighted by atomic mass is 32.2. The number of benzene rings is 1. The van der Waals surface area contributed by atoms with Crippen molar-refractivity contribution in [2.24, 2.45) is 0 Å². The molecule has 1 aromatic carbocycles. The third-order valence-corrected chi connectivity index (χ3v) is 6.02. The molecule has 0 unspecified atom stereocenters. The minimum atomic E-state index is -3.55. The Morgan fingerprint density at radius 2 is 2.00 bits per heavy atom. The maximum Gasteiger partial charge on any atom is 0.243 e. The van der Waals surface area contributed by atoms with Gasteiger partial charge in [-0.2, -0.15) is 4.31 Å². The van der Waals surface area contributed by atoms with Crippen LogP contribution in [0.15, 0.2) is 40.6 Å². The molecule has 4 nitrogen and oxygen atoms in total. The summed E-state index contributed by atoms with van der Waals surface area (Å²) in [6.45, 7) is 1.91. The summed E-state index contributed by atoms with van der Waals surface area (Å²) in [6.07, 6.45) is 0. The van der Waals surface area contributed by atoms with Crippen LogP contribution in [-0.2, 0) is 23.2 Å². The molecular weight excluding hydrogens is 294 g/mol. The monoisotopic (exact) mass is 311 g/mol. The summed E-state index contributed by atoms with van der Waals surface area (Å²) in [5.41, 5.74) is 1.24. The number of thiophene rings is 1. The Bertz CT molecular complexity index is 678. The van der Waals surface area contributed by atoms with Gasteiger partial charge in [-0.25, -0.2) is 8.42 Å². The lowest BCUT2D eigenvalue weighted by Gasteiger charge is -2.18. The highest BCUT2D eigenvalue weighted by Crippen LogP contribution is 2.23. The van der Waals surface area contributed by atoms with Gasteiger partial charge in [-0.05, 0) is 35.6 Å². The Labute approximate surface area is 123 Å². The Kier molecular flexibility index (Phi) is 4.59. The first-order chi connectivity index (χ1) is 9.46. The van der Waals surface area contributed by atoms with Gasteiger partial charge in [0.15, 0.2) is 0 Å². The summed E-state index contributed by atoms with van der Waals surface area (Å²) < 4.78 is 26.5. The van der Waals surface area contributed by atoms with Gasteiger partial charge in [0.25, 0.3) is 0 Å².